The number of ether oxygens (including phenoxy) is 1. The molecule has 1 atom stereocenters. The number of benzene rings is 2. The van der Waals surface area contributed by atoms with E-state index in [0.29, 0.717) is 23.7 Å². The summed E-state index contributed by atoms with van der Waals surface area (Å²) < 4.78 is 8.29. The second-order valence-electron chi connectivity index (χ2n) is 6.78. The molecule has 1 aliphatic heterocycles. The predicted octanol–water partition coefficient (Wildman–Crippen LogP) is 4.87. The van der Waals surface area contributed by atoms with Crippen molar-refractivity contribution in [2.24, 2.45) is 0 Å². The van der Waals surface area contributed by atoms with Crippen LogP contribution in [-0.2, 0) is 6.54 Å². The van der Waals surface area contributed by atoms with E-state index in [9.17, 15) is 10.1 Å². The maximum absolute atomic E-state index is 11.6. The van der Waals surface area contributed by atoms with Gasteiger partial charge >= 0.3 is 0 Å². The van der Waals surface area contributed by atoms with Crippen LogP contribution in [0.2, 0.25) is 0 Å². The van der Waals surface area contributed by atoms with Crippen molar-refractivity contribution >= 4 is 16.7 Å². The molecule has 4 rings (SSSR count). The smallest absolute Gasteiger partial charge is 0.284 e. The van der Waals surface area contributed by atoms with Crippen LogP contribution < -0.4 is 4.74 Å². The lowest BCUT2D eigenvalue weighted by molar-refractivity contribution is -0.384. The number of para-hydroxylation sites is 1. The number of aromatic nitrogens is 2. The van der Waals surface area contributed by atoms with E-state index in [0.717, 1.165) is 35.9 Å². The third-order valence-corrected chi connectivity index (χ3v) is 4.96. The second-order valence-corrected chi connectivity index (χ2v) is 6.78. The minimum absolute atomic E-state index is 0.0325. The van der Waals surface area contributed by atoms with Crippen LogP contribution in [0.15, 0.2) is 36.4 Å². The van der Waals surface area contributed by atoms with E-state index in [1.165, 1.54) is 6.07 Å². The molecule has 1 aromatic heterocycles. The molecule has 0 bridgehead atoms. The molecular formula is C20H21N3O3. The number of nitrogens with zero attached hydrogens (tertiary/aromatic N) is 3. The SMILES string of the molecule is CCCCC1Cn2c(nc3c(C)cccc32)-c2c(cccc2[N+](=O)[O-])O1. The van der Waals surface area contributed by atoms with Gasteiger partial charge in [-0.25, -0.2) is 4.98 Å². The average Bonchev–Trinajstić information content (AvgIpc) is 2.90. The Hall–Kier alpha value is -2.89. The minimum atomic E-state index is -0.356. The first kappa shape index (κ1) is 16.6. The first-order valence-electron chi connectivity index (χ1n) is 9.00. The molecule has 26 heavy (non-hydrogen) atoms. The Bertz CT molecular complexity index is 993. The zero-order valence-electron chi connectivity index (χ0n) is 14.9. The van der Waals surface area contributed by atoms with Crippen LogP contribution in [0.5, 0.6) is 5.75 Å². The molecule has 1 aliphatic rings. The number of aryl methyl sites for hydroxylation is 1. The Morgan fingerprint density at radius 1 is 1.31 bits per heavy atom. The largest absolute Gasteiger partial charge is 0.488 e. The van der Waals surface area contributed by atoms with Gasteiger partial charge in [-0.05, 0) is 37.5 Å². The van der Waals surface area contributed by atoms with Crippen molar-refractivity contribution < 1.29 is 9.66 Å². The average molecular weight is 351 g/mol. The Morgan fingerprint density at radius 3 is 2.88 bits per heavy atom. The van der Waals surface area contributed by atoms with Crippen molar-refractivity contribution in [2.75, 3.05) is 0 Å². The van der Waals surface area contributed by atoms with Gasteiger partial charge in [-0.1, -0.05) is 31.5 Å². The van der Waals surface area contributed by atoms with Crippen LogP contribution >= 0.6 is 0 Å². The number of hydrogen-bond donors (Lipinski definition) is 0. The third kappa shape index (κ3) is 2.62. The lowest BCUT2D eigenvalue weighted by Gasteiger charge is -2.18. The van der Waals surface area contributed by atoms with Gasteiger partial charge in [0.15, 0.2) is 5.82 Å². The van der Waals surface area contributed by atoms with Gasteiger partial charge in [0.05, 0.1) is 22.5 Å². The fourth-order valence-electron chi connectivity index (χ4n) is 3.66. The van der Waals surface area contributed by atoms with E-state index in [1.807, 2.05) is 31.2 Å². The summed E-state index contributed by atoms with van der Waals surface area (Å²) in [5, 5.41) is 11.6. The molecule has 0 radical (unpaired) electrons. The Balaban J connectivity index is 2.00. The molecule has 0 aliphatic carbocycles. The molecule has 6 nitrogen and oxygen atoms in total. The first-order chi connectivity index (χ1) is 12.6. The van der Waals surface area contributed by atoms with Gasteiger partial charge in [0.25, 0.3) is 5.69 Å². The zero-order chi connectivity index (χ0) is 18.3. The third-order valence-electron chi connectivity index (χ3n) is 4.96. The zero-order valence-corrected chi connectivity index (χ0v) is 14.9. The van der Waals surface area contributed by atoms with Crippen molar-refractivity contribution in [1.82, 2.24) is 9.55 Å². The van der Waals surface area contributed by atoms with Crippen molar-refractivity contribution in [1.29, 1.82) is 0 Å². The van der Waals surface area contributed by atoms with Crippen molar-refractivity contribution in [2.45, 2.75) is 45.8 Å². The number of nitro groups is 1. The van der Waals surface area contributed by atoms with Crippen LogP contribution in [0, 0.1) is 17.0 Å². The Morgan fingerprint density at radius 2 is 2.12 bits per heavy atom. The van der Waals surface area contributed by atoms with Gasteiger partial charge in [-0.15, -0.1) is 0 Å². The van der Waals surface area contributed by atoms with E-state index in [2.05, 4.69) is 11.5 Å². The summed E-state index contributed by atoms with van der Waals surface area (Å²) in [4.78, 5) is 16.1. The summed E-state index contributed by atoms with van der Waals surface area (Å²) in [7, 11) is 0. The van der Waals surface area contributed by atoms with Crippen LogP contribution in [-0.4, -0.2) is 20.6 Å². The van der Waals surface area contributed by atoms with Crippen LogP contribution in [0.1, 0.15) is 31.7 Å². The normalized spacial score (nSPS) is 15.8. The molecule has 1 unspecified atom stereocenters. The number of hydrogen-bond acceptors (Lipinski definition) is 4. The first-order valence-corrected chi connectivity index (χ1v) is 9.00. The highest BCUT2D eigenvalue weighted by molar-refractivity contribution is 5.87. The molecule has 2 aromatic carbocycles. The number of imidazole rings is 1. The lowest BCUT2D eigenvalue weighted by atomic mass is 10.1. The summed E-state index contributed by atoms with van der Waals surface area (Å²) in [6, 6.07) is 11.0. The number of nitro benzene ring substituents is 1. The molecule has 0 saturated heterocycles. The molecule has 3 aromatic rings. The maximum Gasteiger partial charge on any atom is 0.284 e. The summed E-state index contributed by atoms with van der Waals surface area (Å²) in [5.41, 5.74) is 3.47. The minimum Gasteiger partial charge on any atom is -0.488 e. The number of unbranched alkanes of at least 4 members (excludes halogenated alkanes) is 1. The molecule has 6 heteroatoms. The molecule has 0 spiro atoms. The molecule has 0 amide bonds. The van der Waals surface area contributed by atoms with Gasteiger partial charge in [0.2, 0.25) is 0 Å². The summed E-state index contributed by atoms with van der Waals surface area (Å²) >= 11 is 0. The topological polar surface area (TPSA) is 70.2 Å². The van der Waals surface area contributed by atoms with E-state index < -0.39 is 0 Å². The van der Waals surface area contributed by atoms with Gasteiger partial charge in [0, 0.05) is 6.07 Å². The summed E-state index contributed by atoms with van der Waals surface area (Å²) in [6.45, 7) is 4.80. The van der Waals surface area contributed by atoms with Gasteiger partial charge in [-0.3, -0.25) is 10.1 Å². The molecular weight excluding hydrogens is 330 g/mol. The highest BCUT2D eigenvalue weighted by atomic mass is 16.6. The van der Waals surface area contributed by atoms with Gasteiger partial charge in [-0.2, -0.15) is 0 Å². The Kier molecular flexibility index (Phi) is 4.11. The van der Waals surface area contributed by atoms with Gasteiger partial charge in [0.1, 0.15) is 17.4 Å². The van der Waals surface area contributed by atoms with E-state index in [4.69, 9.17) is 9.72 Å². The fourth-order valence-corrected chi connectivity index (χ4v) is 3.66. The molecule has 0 fully saturated rings. The van der Waals surface area contributed by atoms with Crippen LogP contribution in [0.25, 0.3) is 22.4 Å². The maximum atomic E-state index is 11.6. The molecule has 134 valence electrons. The van der Waals surface area contributed by atoms with E-state index in [-0.39, 0.29) is 16.7 Å². The summed E-state index contributed by atoms with van der Waals surface area (Å²) in [6.07, 6.45) is 3.01. The highest BCUT2D eigenvalue weighted by Gasteiger charge is 2.31. The molecule has 0 N–H and O–H groups in total. The van der Waals surface area contributed by atoms with Crippen molar-refractivity contribution in [3.05, 3.63) is 52.1 Å². The van der Waals surface area contributed by atoms with Crippen molar-refractivity contribution in [3.63, 3.8) is 0 Å². The van der Waals surface area contributed by atoms with Crippen LogP contribution in [0.3, 0.4) is 0 Å². The summed E-state index contributed by atoms with van der Waals surface area (Å²) in [5.74, 6) is 1.17. The van der Waals surface area contributed by atoms with E-state index in [1.54, 1.807) is 6.07 Å². The monoisotopic (exact) mass is 351 g/mol. The highest BCUT2D eigenvalue weighted by Crippen LogP contribution is 2.42. The van der Waals surface area contributed by atoms with Gasteiger partial charge < -0.3 is 9.30 Å². The molecule has 0 saturated carbocycles. The second kappa shape index (κ2) is 6.44. The standard InChI is InChI=1S/C20H21N3O3/c1-3-4-8-14-12-22-16-10-5-7-13(2)19(16)21-20(22)18-15(23(24)25)9-6-11-17(18)26-14/h5-7,9-11,14H,3-4,8,12H2,1-2H3. The number of rotatable bonds is 4. The fraction of sp³-hybridized carbons (Fsp3) is 0.350. The van der Waals surface area contributed by atoms with E-state index >= 15 is 0 Å². The predicted molar refractivity (Wildman–Crippen MR) is 101 cm³/mol. The number of fused-ring (bicyclic) bond motifs is 5. The lowest BCUT2D eigenvalue weighted by Crippen LogP contribution is -2.21. The van der Waals surface area contributed by atoms with Crippen LogP contribution in [0.4, 0.5) is 5.69 Å². The quantitative estimate of drug-likeness (QED) is 0.496. The Labute approximate surface area is 151 Å². The molecule has 2 heterocycles. The van der Waals surface area contributed by atoms with Crippen molar-refractivity contribution in [3.8, 4) is 17.1 Å².